The van der Waals surface area contributed by atoms with E-state index in [1.165, 1.54) is 0 Å². The number of benzene rings is 3. The van der Waals surface area contributed by atoms with Gasteiger partial charge in [-0.15, -0.1) is 0 Å². The Morgan fingerprint density at radius 2 is 1.53 bits per heavy atom. The quantitative estimate of drug-likeness (QED) is 0.447. The Hall–Kier alpha value is -3.70. The third-order valence-electron chi connectivity index (χ3n) is 4.60. The number of rotatable bonds is 6. The van der Waals surface area contributed by atoms with E-state index in [4.69, 9.17) is 11.6 Å². The van der Waals surface area contributed by atoms with E-state index in [9.17, 15) is 9.59 Å². The third-order valence-corrected chi connectivity index (χ3v) is 4.85. The summed E-state index contributed by atoms with van der Waals surface area (Å²) in [7, 11) is 0. The lowest BCUT2D eigenvalue weighted by Gasteiger charge is -2.09. The number of aromatic nitrogens is 2. The van der Waals surface area contributed by atoms with Crippen LogP contribution in [0.5, 0.6) is 0 Å². The molecule has 0 radical (unpaired) electrons. The number of carbonyl (C=O) groups is 2. The SMILES string of the molecule is O=C(Nc1cnn(Cc2ccccc2)c1)c1ccccc1C(=O)c1ccc(Cl)cc1. The summed E-state index contributed by atoms with van der Waals surface area (Å²) in [6, 6.07) is 23.3. The summed E-state index contributed by atoms with van der Waals surface area (Å²) in [5.74, 6) is -0.607. The summed E-state index contributed by atoms with van der Waals surface area (Å²) < 4.78 is 1.75. The fourth-order valence-corrected chi connectivity index (χ4v) is 3.25. The number of amides is 1. The molecule has 4 aromatic rings. The Kier molecular flexibility index (Phi) is 5.72. The van der Waals surface area contributed by atoms with Crippen molar-refractivity contribution in [2.45, 2.75) is 6.54 Å². The topological polar surface area (TPSA) is 64.0 Å². The fourth-order valence-electron chi connectivity index (χ4n) is 3.12. The Labute approximate surface area is 178 Å². The number of carbonyl (C=O) groups excluding carboxylic acids is 2. The molecule has 1 aromatic heterocycles. The third kappa shape index (κ3) is 4.47. The van der Waals surface area contributed by atoms with Crippen LogP contribution in [0, 0.1) is 0 Å². The first-order chi connectivity index (χ1) is 14.6. The van der Waals surface area contributed by atoms with Crippen molar-refractivity contribution in [3.63, 3.8) is 0 Å². The van der Waals surface area contributed by atoms with Crippen molar-refractivity contribution in [1.29, 1.82) is 0 Å². The molecule has 0 saturated carbocycles. The molecule has 0 spiro atoms. The van der Waals surface area contributed by atoms with Gasteiger partial charge in [0, 0.05) is 22.3 Å². The number of ketones is 1. The normalized spacial score (nSPS) is 10.6. The fraction of sp³-hybridized carbons (Fsp3) is 0.0417. The van der Waals surface area contributed by atoms with Crippen LogP contribution in [0.1, 0.15) is 31.8 Å². The van der Waals surface area contributed by atoms with E-state index in [0.29, 0.717) is 33.9 Å². The molecular formula is C24H18ClN3O2. The van der Waals surface area contributed by atoms with Gasteiger partial charge < -0.3 is 5.32 Å². The molecule has 0 aliphatic rings. The Bertz CT molecular complexity index is 1180. The predicted molar refractivity (Wildman–Crippen MR) is 117 cm³/mol. The maximum atomic E-state index is 12.9. The smallest absolute Gasteiger partial charge is 0.256 e. The monoisotopic (exact) mass is 415 g/mol. The minimum atomic E-state index is -0.368. The van der Waals surface area contributed by atoms with Gasteiger partial charge in [-0.1, -0.05) is 60.1 Å². The van der Waals surface area contributed by atoms with Crippen LogP contribution in [-0.2, 0) is 6.54 Å². The molecule has 1 amide bonds. The Morgan fingerprint density at radius 3 is 2.27 bits per heavy atom. The summed E-state index contributed by atoms with van der Waals surface area (Å²) in [5, 5.41) is 7.67. The summed E-state index contributed by atoms with van der Waals surface area (Å²) in [6.07, 6.45) is 3.35. The Morgan fingerprint density at radius 1 is 0.867 bits per heavy atom. The van der Waals surface area contributed by atoms with Crippen LogP contribution in [0.4, 0.5) is 5.69 Å². The van der Waals surface area contributed by atoms with Gasteiger partial charge in [-0.25, -0.2) is 0 Å². The minimum Gasteiger partial charge on any atom is -0.319 e. The molecule has 0 bridgehead atoms. The first-order valence-electron chi connectivity index (χ1n) is 9.37. The van der Waals surface area contributed by atoms with Crippen LogP contribution in [0.15, 0.2) is 91.3 Å². The van der Waals surface area contributed by atoms with Crippen molar-refractivity contribution in [3.05, 3.63) is 119 Å². The molecule has 1 heterocycles. The molecule has 0 aliphatic carbocycles. The highest BCUT2D eigenvalue weighted by atomic mass is 35.5. The number of hydrogen-bond acceptors (Lipinski definition) is 3. The molecular weight excluding hydrogens is 398 g/mol. The summed E-state index contributed by atoms with van der Waals surface area (Å²) in [4.78, 5) is 25.8. The maximum Gasteiger partial charge on any atom is 0.256 e. The molecule has 3 aromatic carbocycles. The first kappa shape index (κ1) is 19.6. The lowest BCUT2D eigenvalue weighted by molar-refractivity contribution is 0.0996. The average Bonchev–Trinajstić information content (AvgIpc) is 3.21. The number of nitrogens with one attached hydrogen (secondary N) is 1. The number of nitrogens with zero attached hydrogens (tertiary/aromatic N) is 2. The van der Waals surface area contributed by atoms with Gasteiger partial charge >= 0.3 is 0 Å². The van der Waals surface area contributed by atoms with Gasteiger partial charge in [0.1, 0.15) is 0 Å². The average molecular weight is 416 g/mol. The molecule has 0 unspecified atom stereocenters. The van der Waals surface area contributed by atoms with Crippen LogP contribution in [-0.4, -0.2) is 21.5 Å². The van der Waals surface area contributed by atoms with Gasteiger partial charge in [-0.2, -0.15) is 5.10 Å². The van der Waals surface area contributed by atoms with Crippen LogP contribution >= 0.6 is 11.6 Å². The largest absolute Gasteiger partial charge is 0.319 e. The van der Waals surface area contributed by atoms with E-state index >= 15 is 0 Å². The number of halogens is 1. The molecule has 0 fully saturated rings. The van der Waals surface area contributed by atoms with Gasteiger partial charge in [0.2, 0.25) is 0 Å². The van der Waals surface area contributed by atoms with E-state index in [0.717, 1.165) is 5.56 Å². The minimum absolute atomic E-state index is 0.239. The van der Waals surface area contributed by atoms with Gasteiger partial charge in [-0.3, -0.25) is 14.3 Å². The van der Waals surface area contributed by atoms with Crippen molar-refractivity contribution in [2.24, 2.45) is 0 Å². The van der Waals surface area contributed by atoms with Crippen molar-refractivity contribution in [2.75, 3.05) is 5.32 Å². The van der Waals surface area contributed by atoms with Crippen LogP contribution in [0.3, 0.4) is 0 Å². The van der Waals surface area contributed by atoms with Crippen molar-refractivity contribution >= 4 is 29.0 Å². The molecule has 4 rings (SSSR count). The zero-order chi connectivity index (χ0) is 20.9. The molecule has 148 valence electrons. The number of anilines is 1. The second-order valence-electron chi connectivity index (χ2n) is 6.75. The molecule has 30 heavy (non-hydrogen) atoms. The van der Waals surface area contributed by atoms with Crippen molar-refractivity contribution in [1.82, 2.24) is 9.78 Å². The first-order valence-corrected chi connectivity index (χ1v) is 9.75. The maximum absolute atomic E-state index is 12.9. The standard InChI is InChI=1S/C24H18ClN3O2/c25-19-12-10-18(11-13-19)23(29)21-8-4-5-9-22(21)24(30)27-20-14-26-28(16-20)15-17-6-2-1-3-7-17/h1-14,16H,15H2,(H,27,30). The van der Waals surface area contributed by atoms with Crippen LogP contribution in [0.2, 0.25) is 5.02 Å². The van der Waals surface area contributed by atoms with E-state index in [-0.39, 0.29) is 11.7 Å². The van der Waals surface area contributed by atoms with Gasteiger partial charge in [0.25, 0.3) is 5.91 Å². The highest BCUT2D eigenvalue weighted by molar-refractivity contribution is 6.30. The van der Waals surface area contributed by atoms with Crippen LogP contribution < -0.4 is 5.32 Å². The molecule has 1 N–H and O–H groups in total. The highest BCUT2D eigenvalue weighted by Crippen LogP contribution is 2.18. The predicted octanol–water partition coefficient (Wildman–Crippen LogP) is 5.07. The second-order valence-corrected chi connectivity index (χ2v) is 7.18. The summed E-state index contributed by atoms with van der Waals surface area (Å²) >= 11 is 5.90. The zero-order valence-electron chi connectivity index (χ0n) is 16.0. The van der Waals surface area contributed by atoms with Gasteiger partial charge in [0.15, 0.2) is 5.78 Å². The molecule has 0 atom stereocenters. The van der Waals surface area contributed by atoms with E-state index in [1.807, 2.05) is 30.3 Å². The van der Waals surface area contributed by atoms with Crippen LogP contribution in [0.25, 0.3) is 0 Å². The molecule has 0 saturated heterocycles. The lowest BCUT2D eigenvalue weighted by Crippen LogP contribution is -2.16. The van der Waals surface area contributed by atoms with E-state index in [1.54, 1.807) is 65.6 Å². The number of hydrogen-bond donors (Lipinski definition) is 1. The zero-order valence-corrected chi connectivity index (χ0v) is 16.7. The second kappa shape index (κ2) is 8.76. The lowest BCUT2D eigenvalue weighted by atomic mass is 9.98. The molecule has 5 nitrogen and oxygen atoms in total. The van der Waals surface area contributed by atoms with E-state index < -0.39 is 0 Å². The van der Waals surface area contributed by atoms with Crippen molar-refractivity contribution in [3.8, 4) is 0 Å². The van der Waals surface area contributed by atoms with E-state index in [2.05, 4.69) is 10.4 Å². The van der Waals surface area contributed by atoms with Crippen molar-refractivity contribution < 1.29 is 9.59 Å². The Balaban J connectivity index is 1.52. The molecule has 6 heteroatoms. The highest BCUT2D eigenvalue weighted by Gasteiger charge is 2.18. The summed E-state index contributed by atoms with van der Waals surface area (Å²) in [6.45, 7) is 0.600. The summed E-state index contributed by atoms with van der Waals surface area (Å²) in [5.41, 5.74) is 2.76. The molecule has 0 aliphatic heterocycles. The van der Waals surface area contributed by atoms with Gasteiger partial charge in [0.05, 0.1) is 24.0 Å². The van der Waals surface area contributed by atoms with Gasteiger partial charge in [-0.05, 0) is 35.9 Å².